The fourth-order valence-corrected chi connectivity index (χ4v) is 3.06. The molecule has 0 amide bonds. The minimum Gasteiger partial charge on any atom is -0.394 e. The van der Waals surface area contributed by atoms with Crippen molar-refractivity contribution in [2.24, 2.45) is 0 Å². The van der Waals surface area contributed by atoms with Crippen molar-refractivity contribution in [2.75, 3.05) is 5.73 Å². The third-order valence-electron chi connectivity index (χ3n) is 4.37. The molecule has 0 aliphatic heterocycles. The molecule has 1 aliphatic carbocycles. The van der Waals surface area contributed by atoms with Crippen LogP contribution in [0.15, 0.2) is 29.1 Å². The number of fused-ring (bicyclic) bond motifs is 1. The zero-order valence-electron chi connectivity index (χ0n) is 13.1. The Hall–Kier alpha value is -2.10. The van der Waals surface area contributed by atoms with Gasteiger partial charge < -0.3 is 5.73 Å². The summed E-state index contributed by atoms with van der Waals surface area (Å²) in [4.78, 5) is 12.1. The van der Waals surface area contributed by atoms with E-state index in [2.05, 4.69) is 30.2 Å². The van der Waals surface area contributed by atoms with Gasteiger partial charge in [0.05, 0.1) is 5.69 Å². The van der Waals surface area contributed by atoms with Crippen LogP contribution in [0.25, 0.3) is 11.3 Å². The molecule has 1 heterocycles. The Morgan fingerprint density at radius 2 is 1.95 bits per heavy atom. The van der Waals surface area contributed by atoms with E-state index >= 15 is 0 Å². The number of rotatable bonds is 4. The van der Waals surface area contributed by atoms with Gasteiger partial charge in [0.2, 0.25) is 0 Å². The molecule has 0 fully saturated rings. The average molecular weight is 297 g/mol. The molecule has 0 saturated carbocycles. The Morgan fingerprint density at radius 3 is 2.73 bits per heavy atom. The first-order chi connectivity index (χ1) is 10.7. The van der Waals surface area contributed by atoms with Gasteiger partial charge in [0, 0.05) is 12.1 Å². The highest BCUT2D eigenvalue weighted by atomic mass is 16.1. The van der Waals surface area contributed by atoms with Crippen LogP contribution in [0.3, 0.4) is 0 Å². The maximum absolute atomic E-state index is 12.1. The van der Waals surface area contributed by atoms with Gasteiger partial charge >= 0.3 is 0 Å². The highest BCUT2D eigenvalue weighted by Crippen LogP contribution is 2.26. The number of nitrogens with two attached hydrogens (primary N) is 1. The maximum Gasteiger partial charge on any atom is 0.289 e. The van der Waals surface area contributed by atoms with Crippen LogP contribution < -0.4 is 11.3 Å². The van der Waals surface area contributed by atoms with Crippen LogP contribution in [0.2, 0.25) is 0 Å². The van der Waals surface area contributed by atoms with Crippen LogP contribution in [0.4, 0.5) is 5.69 Å². The van der Waals surface area contributed by atoms with Crippen molar-refractivity contribution in [1.29, 1.82) is 0 Å². The molecule has 0 atom stereocenters. The van der Waals surface area contributed by atoms with Crippen molar-refractivity contribution in [2.45, 2.75) is 52.0 Å². The van der Waals surface area contributed by atoms with E-state index in [1.54, 1.807) is 6.07 Å². The maximum atomic E-state index is 12.1. The van der Waals surface area contributed by atoms with E-state index in [1.165, 1.54) is 35.1 Å². The molecular formula is C18H23N3O. The van der Waals surface area contributed by atoms with E-state index in [0.717, 1.165) is 30.5 Å². The lowest BCUT2D eigenvalue weighted by Crippen LogP contribution is -2.25. The second-order valence-electron chi connectivity index (χ2n) is 6.06. The summed E-state index contributed by atoms with van der Waals surface area (Å²) in [6.45, 7) is 2.72. The molecule has 22 heavy (non-hydrogen) atoms. The van der Waals surface area contributed by atoms with Crippen molar-refractivity contribution >= 4 is 5.69 Å². The normalized spacial score (nSPS) is 13.9. The molecule has 3 rings (SSSR count). The van der Waals surface area contributed by atoms with Gasteiger partial charge in [-0.3, -0.25) is 4.79 Å². The molecule has 1 aromatic heterocycles. The fourth-order valence-electron chi connectivity index (χ4n) is 3.06. The van der Waals surface area contributed by atoms with Gasteiger partial charge in [-0.15, -0.1) is 0 Å². The van der Waals surface area contributed by atoms with Crippen LogP contribution in [0.5, 0.6) is 0 Å². The summed E-state index contributed by atoms with van der Waals surface area (Å²) < 4.78 is 1.51. The second-order valence-corrected chi connectivity index (χ2v) is 6.06. The number of hydrogen-bond acceptors (Lipinski definition) is 3. The predicted molar refractivity (Wildman–Crippen MR) is 89.9 cm³/mol. The minimum absolute atomic E-state index is 0.185. The first kappa shape index (κ1) is 14.8. The Labute approximate surface area is 131 Å². The van der Waals surface area contributed by atoms with Gasteiger partial charge in [0.1, 0.15) is 5.69 Å². The molecule has 116 valence electrons. The first-order valence-electron chi connectivity index (χ1n) is 8.19. The minimum atomic E-state index is -0.185. The van der Waals surface area contributed by atoms with Gasteiger partial charge in [-0.25, -0.2) is 4.68 Å². The largest absolute Gasteiger partial charge is 0.394 e. The van der Waals surface area contributed by atoms with Crippen molar-refractivity contribution in [3.63, 3.8) is 0 Å². The molecule has 0 spiro atoms. The highest BCUT2D eigenvalue weighted by molar-refractivity contribution is 5.64. The third-order valence-corrected chi connectivity index (χ3v) is 4.37. The van der Waals surface area contributed by atoms with Crippen molar-refractivity contribution in [3.05, 3.63) is 45.7 Å². The van der Waals surface area contributed by atoms with E-state index < -0.39 is 0 Å². The number of benzene rings is 1. The van der Waals surface area contributed by atoms with E-state index in [0.29, 0.717) is 6.54 Å². The smallest absolute Gasteiger partial charge is 0.289 e. The number of nitrogens with zero attached hydrogens (tertiary/aromatic N) is 2. The highest BCUT2D eigenvalue weighted by Gasteiger charge is 2.12. The summed E-state index contributed by atoms with van der Waals surface area (Å²) >= 11 is 0. The van der Waals surface area contributed by atoms with Gasteiger partial charge in [-0.05, 0) is 55.4 Å². The van der Waals surface area contributed by atoms with Crippen LogP contribution in [-0.4, -0.2) is 9.78 Å². The third kappa shape index (κ3) is 2.91. The Bertz CT molecular complexity index is 734. The zero-order chi connectivity index (χ0) is 15.5. The van der Waals surface area contributed by atoms with Gasteiger partial charge in [-0.1, -0.05) is 25.5 Å². The number of anilines is 1. The zero-order valence-corrected chi connectivity index (χ0v) is 13.1. The second kappa shape index (κ2) is 6.34. The van der Waals surface area contributed by atoms with Crippen molar-refractivity contribution in [3.8, 4) is 11.3 Å². The number of aryl methyl sites for hydroxylation is 3. The molecule has 4 heteroatoms. The number of hydrogen-bond donors (Lipinski definition) is 1. The Morgan fingerprint density at radius 1 is 1.18 bits per heavy atom. The van der Waals surface area contributed by atoms with E-state index in [9.17, 15) is 4.79 Å². The van der Waals surface area contributed by atoms with Gasteiger partial charge in [-0.2, -0.15) is 5.10 Å². The van der Waals surface area contributed by atoms with Gasteiger partial charge in [0.25, 0.3) is 5.56 Å². The molecule has 1 aliphatic rings. The Kier molecular flexibility index (Phi) is 4.27. The lowest BCUT2D eigenvalue weighted by molar-refractivity contribution is 0.546. The first-order valence-corrected chi connectivity index (χ1v) is 8.19. The SMILES string of the molecule is CCCCn1nc(-c2ccc3c(c2)CCCC3)cc(N)c1=O. The number of aromatic nitrogens is 2. The van der Waals surface area contributed by atoms with E-state index in [4.69, 9.17) is 5.73 Å². The Balaban J connectivity index is 2.00. The summed E-state index contributed by atoms with van der Waals surface area (Å²) in [7, 11) is 0. The molecular weight excluding hydrogens is 274 g/mol. The summed E-state index contributed by atoms with van der Waals surface area (Å²) in [5.41, 5.74) is 10.7. The van der Waals surface area contributed by atoms with Crippen LogP contribution in [0.1, 0.15) is 43.7 Å². The van der Waals surface area contributed by atoms with Crippen molar-refractivity contribution in [1.82, 2.24) is 9.78 Å². The van der Waals surface area contributed by atoms with Crippen molar-refractivity contribution < 1.29 is 0 Å². The summed E-state index contributed by atoms with van der Waals surface area (Å²) in [6.07, 6.45) is 6.79. The topological polar surface area (TPSA) is 60.9 Å². The van der Waals surface area contributed by atoms with Crippen LogP contribution >= 0.6 is 0 Å². The van der Waals surface area contributed by atoms with Crippen LogP contribution in [0, 0.1) is 0 Å². The quantitative estimate of drug-likeness (QED) is 0.943. The standard InChI is InChI=1S/C18H23N3O/c1-2-3-10-21-18(22)16(19)12-17(20-21)15-9-8-13-6-4-5-7-14(13)11-15/h8-9,11-12H,2-7,10,19H2,1H3. The fraction of sp³-hybridized carbons (Fsp3) is 0.444. The van der Waals surface area contributed by atoms with E-state index in [-0.39, 0.29) is 11.2 Å². The molecule has 0 radical (unpaired) electrons. The van der Waals surface area contributed by atoms with Crippen LogP contribution in [-0.2, 0) is 19.4 Å². The summed E-state index contributed by atoms with van der Waals surface area (Å²) in [6, 6.07) is 8.21. The van der Waals surface area contributed by atoms with E-state index in [1.807, 2.05) is 0 Å². The molecule has 2 N–H and O–H groups in total. The molecule has 0 bridgehead atoms. The molecule has 4 nitrogen and oxygen atoms in total. The predicted octanol–water partition coefficient (Wildman–Crippen LogP) is 3.17. The molecule has 0 saturated heterocycles. The monoisotopic (exact) mass is 297 g/mol. The number of unbranched alkanes of at least 4 members (excludes halogenated alkanes) is 1. The summed E-state index contributed by atoms with van der Waals surface area (Å²) in [5.74, 6) is 0. The average Bonchev–Trinajstić information content (AvgIpc) is 2.55. The molecule has 2 aromatic rings. The molecule has 0 unspecified atom stereocenters. The number of nitrogen functional groups attached to an aromatic ring is 1. The van der Waals surface area contributed by atoms with Gasteiger partial charge in [0.15, 0.2) is 0 Å². The molecule has 1 aromatic carbocycles. The lowest BCUT2D eigenvalue weighted by Gasteiger charge is -2.17. The lowest BCUT2D eigenvalue weighted by atomic mass is 9.90. The summed E-state index contributed by atoms with van der Waals surface area (Å²) in [5, 5.41) is 4.51.